The van der Waals surface area contributed by atoms with Crippen LogP contribution >= 0.6 is 0 Å². The van der Waals surface area contributed by atoms with Crippen LogP contribution in [0.5, 0.6) is 5.75 Å². The molecule has 1 aliphatic rings. The normalized spacial score (nSPS) is 22.6. The third kappa shape index (κ3) is 2.77. The van der Waals surface area contributed by atoms with Gasteiger partial charge in [-0.1, -0.05) is 19.1 Å². The summed E-state index contributed by atoms with van der Waals surface area (Å²) in [5.74, 6) is -1.85. The summed E-state index contributed by atoms with van der Waals surface area (Å²) in [4.78, 5) is 37.5. The quantitative estimate of drug-likeness (QED) is 0.620. The van der Waals surface area contributed by atoms with Crippen LogP contribution in [0.2, 0.25) is 0 Å². The fraction of sp³-hybridized carbons (Fsp3) is 0.500. The van der Waals surface area contributed by atoms with E-state index in [1.54, 1.807) is 38.3 Å². The van der Waals surface area contributed by atoms with E-state index in [0.29, 0.717) is 11.3 Å². The molecule has 0 aromatic heterocycles. The summed E-state index contributed by atoms with van der Waals surface area (Å²) in [5, 5.41) is 0. The first-order chi connectivity index (χ1) is 11.4. The predicted molar refractivity (Wildman–Crippen MR) is 85.6 cm³/mol. The first kappa shape index (κ1) is 18.0. The van der Waals surface area contributed by atoms with Crippen LogP contribution in [0.4, 0.5) is 0 Å². The monoisotopic (exact) mass is 334 g/mol. The Kier molecular flexibility index (Phi) is 5.26. The van der Waals surface area contributed by atoms with Crippen LogP contribution in [-0.4, -0.2) is 39.1 Å². The van der Waals surface area contributed by atoms with E-state index in [-0.39, 0.29) is 18.6 Å². The topological polar surface area (TPSA) is 78.9 Å². The van der Waals surface area contributed by atoms with E-state index >= 15 is 0 Å². The molecule has 2 rings (SSSR count). The molecule has 0 unspecified atom stereocenters. The molecule has 0 heterocycles. The van der Waals surface area contributed by atoms with Crippen LogP contribution < -0.4 is 4.74 Å². The number of hydrogen-bond donors (Lipinski definition) is 0. The van der Waals surface area contributed by atoms with Crippen molar-refractivity contribution in [2.75, 3.05) is 21.3 Å². The van der Waals surface area contributed by atoms with E-state index in [2.05, 4.69) is 0 Å². The zero-order valence-electron chi connectivity index (χ0n) is 14.3. The molecule has 130 valence electrons. The van der Waals surface area contributed by atoms with Gasteiger partial charge in [-0.3, -0.25) is 14.4 Å². The highest BCUT2D eigenvalue weighted by molar-refractivity contribution is 6.04. The zero-order chi connectivity index (χ0) is 17.9. The molecule has 0 aliphatic heterocycles. The molecule has 24 heavy (non-hydrogen) atoms. The number of Topliss-reactive ketones (excluding diaryl/α,β-unsaturated/α-hetero) is 1. The van der Waals surface area contributed by atoms with E-state index in [1.807, 2.05) is 0 Å². The number of carbonyl (C=O) groups is 3. The Bertz CT molecular complexity index is 617. The van der Waals surface area contributed by atoms with Crippen molar-refractivity contribution in [3.63, 3.8) is 0 Å². The van der Waals surface area contributed by atoms with Crippen LogP contribution in [0, 0.1) is 11.3 Å². The molecular formula is C18H22O6. The van der Waals surface area contributed by atoms with E-state index < -0.39 is 29.2 Å². The average Bonchev–Trinajstić information content (AvgIpc) is 2.60. The van der Waals surface area contributed by atoms with Crippen molar-refractivity contribution in [3.8, 4) is 5.75 Å². The number of rotatable bonds is 4. The van der Waals surface area contributed by atoms with Gasteiger partial charge in [0.25, 0.3) is 0 Å². The molecule has 1 aliphatic carbocycles. The van der Waals surface area contributed by atoms with E-state index in [4.69, 9.17) is 14.2 Å². The Morgan fingerprint density at radius 1 is 1.00 bits per heavy atom. The van der Waals surface area contributed by atoms with Gasteiger partial charge in [0.05, 0.1) is 21.3 Å². The van der Waals surface area contributed by atoms with Crippen LogP contribution in [0.1, 0.15) is 31.2 Å². The summed E-state index contributed by atoms with van der Waals surface area (Å²) >= 11 is 0. The van der Waals surface area contributed by atoms with Crippen molar-refractivity contribution in [1.29, 1.82) is 0 Å². The van der Waals surface area contributed by atoms with Gasteiger partial charge in [-0.25, -0.2) is 0 Å². The van der Waals surface area contributed by atoms with E-state index in [0.717, 1.165) is 0 Å². The highest BCUT2D eigenvalue weighted by atomic mass is 16.5. The molecule has 1 aromatic rings. The van der Waals surface area contributed by atoms with Gasteiger partial charge in [-0.05, 0) is 23.6 Å². The molecule has 6 heteroatoms. The Morgan fingerprint density at radius 3 is 2.00 bits per heavy atom. The fourth-order valence-corrected chi connectivity index (χ4v) is 3.64. The summed E-state index contributed by atoms with van der Waals surface area (Å²) in [5.41, 5.74) is -0.835. The third-order valence-corrected chi connectivity index (χ3v) is 4.86. The average molecular weight is 334 g/mol. The van der Waals surface area contributed by atoms with Crippen molar-refractivity contribution >= 4 is 17.7 Å². The maximum Gasteiger partial charge on any atom is 0.324 e. The zero-order valence-corrected chi connectivity index (χ0v) is 14.3. The Balaban J connectivity index is 2.61. The van der Waals surface area contributed by atoms with Crippen molar-refractivity contribution in [2.45, 2.75) is 25.7 Å². The summed E-state index contributed by atoms with van der Waals surface area (Å²) in [6, 6.07) is 6.99. The number of ether oxygens (including phenoxy) is 3. The number of ketones is 1. The summed E-state index contributed by atoms with van der Waals surface area (Å²) in [6.45, 7) is 1.71. The smallest absolute Gasteiger partial charge is 0.324 e. The lowest BCUT2D eigenvalue weighted by molar-refractivity contribution is -0.178. The van der Waals surface area contributed by atoms with Crippen LogP contribution in [0.15, 0.2) is 24.3 Å². The number of carbonyl (C=O) groups excluding carboxylic acids is 3. The number of benzene rings is 1. The standard InChI is InChI=1S/C18H22O6/c1-11-9-13(19)10-15(12-5-7-14(22-2)8-6-12)18(11,16(20)23-3)17(21)24-4/h5-8,11,15H,9-10H2,1-4H3/t11-,15+/m0/s1. The number of hydrogen-bond acceptors (Lipinski definition) is 6. The molecule has 0 spiro atoms. The van der Waals surface area contributed by atoms with Crippen molar-refractivity contribution in [2.24, 2.45) is 11.3 Å². The van der Waals surface area contributed by atoms with E-state index in [1.165, 1.54) is 14.2 Å². The van der Waals surface area contributed by atoms with Gasteiger partial charge in [-0.15, -0.1) is 0 Å². The molecule has 1 aromatic carbocycles. The lowest BCUT2D eigenvalue weighted by atomic mass is 9.58. The molecule has 0 radical (unpaired) electrons. The molecule has 0 saturated heterocycles. The Hall–Kier alpha value is -2.37. The molecule has 0 bridgehead atoms. The molecule has 1 saturated carbocycles. The molecule has 0 amide bonds. The second-order valence-electron chi connectivity index (χ2n) is 6.03. The Labute approximate surface area is 141 Å². The second kappa shape index (κ2) is 7.03. The summed E-state index contributed by atoms with van der Waals surface area (Å²) < 4.78 is 15.0. The minimum Gasteiger partial charge on any atom is -0.497 e. The van der Waals surface area contributed by atoms with Crippen molar-refractivity contribution < 1.29 is 28.6 Å². The van der Waals surface area contributed by atoms with Gasteiger partial charge in [0.1, 0.15) is 11.5 Å². The van der Waals surface area contributed by atoms with Gasteiger partial charge < -0.3 is 14.2 Å². The lowest BCUT2D eigenvalue weighted by Gasteiger charge is -2.43. The predicted octanol–water partition coefficient (Wildman–Crippen LogP) is 2.11. The fourth-order valence-electron chi connectivity index (χ4n) is 3.64. The highest BCUT2D eigenvalue weighted by Gasteiger charge is 2.61. The van der Waals surface area contributed by atoms with Gasteiger partial charge in [0.15, 0.2) is 5.41 Å². The van der Waals surface area contributed by atoms with Crippen molar-refractivity contribution in [3.05, 3.63) is 29.8 Å². The molecule has 0 N–H and O–H groups in total. The van der Waals surface area contributed by atoms with Crippen molar-refractivity contribution in [1.82, 2.24) is 0 Å². The Morgan fingerprint density at radius 2 is 1.54 bits per heavy atom. The second-order valence-corrected chi connectivity index (χ2v) is 6.03. The van der Waals surface area contributed by atoms with E-state index in [9.17, 15) is 14.4 Å². The van der Waals surface area contributed by atoms with Crippen LogP contribution in [0.25, 0.3) is 0 Å². The minimum atomic E-state index is -1.54. The van der Waals surface area contributed by atoms with Gasteiger partial charge in [0.2, 0.25) is 0 Å². The number of esters is 2. The van der Waals surface area contributed by atoms with Crippen LogP contribution in [-0.2, 0) is 23.9 Å². The summed E-state index contributed by atoms with van der Waals surface area (Å²) in [7, 11) is 4.02. The highest BCUT2D eigenvalue weighted by Crippen LogP contribution is 2.51. The maximum absolute atomic E-state index is 12.7. The largest absolute Gasteiger partial charge is 0.497 e. The minimum absolute atomic E-state index is 0.00625. The van der Waals surface area contributed by atoms with Gasteiger partial charge in [-0.2, -0.15) is 0 Å². The maximum atomic E-state index is 12.7. The van der Waals surface area contributed by atoms with Gasteiger partial charge in [0, 0.05) is 18.8 Å². The first-order valence-corrected chi connectivity index (χ1v) is 7.74. The summed E-state index contributed by atoms with van der Waals surface area (Å²) in [6.07, 6.45) is 0.220. The lowest BCUT2D eigenvalue weighted by Crippen LogP contribution is -2.54. The van der Waals surface area contributed by atoms with Gasteiger partial charge >= 0.3 is 11.9 Å². The molecule has 6 nitrogen and oxygen atoms in total. The SMILES string of the molecule is COC(=O)C1(C(=O)OC)[C@@H](c2ccc(OC)cc2)CC(=O)C[C@@H]1C. The molecular weight excluding hydrogens is 312 g/mol. The van der Waals surface area contributed by atoms with Crippen LogP contribution in [0.3, 0.4) is 0 Å². The molecule has 2 atom stereocenters. The number of methoxy groups -OCH3 is 3. The molecule has 1 fully saturated rings. The first-order valence-electron chi connectivity index (χ1n) is 7.74. The third-order valence-electron chi connectivity index (χ3n) is 4.86.